The summed E-state index contributed by atoms with van der Waals surface area (Å²) in [6.07, 6.45) is 1.84. The van der Waals surface area contributed by atoms with Crippen LogP contribution in [0.4, 0.5) is 34.3 Å². The molecule has 8 rings (SSSR count). The number of ether oxygens (including phenoxy) is 1. The molecule has 0 saturated heterocycles. The first-order chi connectivity index (χ1) is 21.7. The quantitative estimate of drug-likeness (QED) is 0.198. The number of nitrogens with zero attached hydrogens (tertiary/aromatic N) is 5. The summed E-state index contributed by atoms with van der Waals surface area (Å²) in [4.78, 5) is 11.6. The molecule has 5 aromatic carbocycles. The Morgan fingerprint density at radius 3 is 2.25 bits per heavy atom. The molecular formula is C38H31N5O. The van der Waals surface area contributed by atoms with Gasteiger partial charge in [-0.2, -0.15) is 0 Å². The highest BCUT2D eigenvalue weighted by atomic mass is 16.5. The Morgan fingerprint density at radius 2 is 1.39 bits per heavy atom. The highest BCUT2D eigenvalue weighted by molar-refractivity contribution is 6.13. The normalized spacial score (nSPS) is 12.6. The van der Waals surface area contributed by atoms with Crippen LogP contribution in [0.3, 0.4) is 0 Å². The minimum absolute atomic E-state index is 0.753. The van der Waals surface area contributed by atoms with Crippen molar-refractivity contribution in [2.75, 3.05) is 28.4 Å². The zero-order valence-electron chi connectivity index (χ0n) is 24.6. The largest absolute Gasteiger partial charge is 0.457 e. The van der Waals surface area contributed by atoms with Gasteiger partial charge in [0.25, 0.3) is 0 Å². The van der Waals surface area contributed by atoms with Crippen molar-refractivity contribution in [3.05, 3.63) is 140 Å². The molecule has 0 amide bonds. The fourth-order valence-electron chi connectivity index (χ4n) is 6.41. The van der Waals surface area contributed by atoms with Crippen molar-refractivity contribution < 1.29 is 4.74 Å². The fourth-order valence-corrected chi connectivity index (χ4v) is 6.41. The van der Waals surface area contributed by atoms with Gasteiger partial charge in [0.1, 0.15) is 17.3 Å². The van der Waals surface area contributed by atoms with E-state index in [0.29, 0.717) is 0 Å². The molecule has 44 heavy (non-hydrogen) atoms. The van der Waals surface area contributed by atoms with Crippen LogP contribution in [0.25, 0.3) is 21.8 Å². The minimum Gasteiger partial charge on any atom is -0.457 e. The third kappa shape index (κ3) is 4.31. The first kappa shape index (κ1) is 25.9. The molecule has 6 nitrogen and oxygen atoms in total. The molecule has 0 bridgehead atoms. The Bertz CT molecular complexity index is 2140. The van der Waals surface area contributed by atoms with Crippen LogP contribution in [0.5, 0.6) is 11.5 Å². The monoisotopic (exact) mass is 573 g/mol. The summed E-state index contributed by atoms with van der Waals surface area (Å²) in [6, 6.07) is 46.1. The zero-order valence-corrected chi connectivity index (χ0v) is 24.6. The molecule has 6 heteroatoms. The van der Waals surface area contributed by atoms with Crippen molar-refractivity contribution in [1.82, 2.24) is 9.55 Å². The van der Waals surface area contributed by atoms with Gasteiger partial charge in [0, 0.05) is 54.4 Å². The van der Waals surface area contributed by atoms with Crippen LogP contribution in [-0.2, 0) is 7.05 Å². The predicted molar refractivity (Wildman–Crippen MR) is 181 cm³/mol. The van der Waals surface area contributed by atoms with E-state index in [0.717, 1.165) is 46.6 Å². The molecule has 2 aromatic heterocycles. The SMILES string of the molecule is CN1CN(c2cccc(Oc3cccc(N(c4ccccn4)c4cccc5c6ccccc6n(C)c45)c3)c2)c2ccccc21. The van der Waals surface area contributed by atoms with Crippen molar-refractivity contribution in [1.29, 1.82) is 0 Å². The van der Waals surface area contributed by atoms with Gasteiger partial charge in [-0.25, -0.2) is 4.98 Å². The number of aryl methyl sites for hydroxylation is 1. The summed E-state index contributed by atoms with van der Waals surface area (Å²) in [7, 11) is 4.25. The van der Waals surface area contributed by atoms with Gasteiger partial charge in [-0.05, 0) is 60.7 Å². The highest BCUT2D eigenvalue weighted by Gasteiger charge is 2.24. The van der Waals surface area contributed by atoms with E-state index in [9.17, 15) is 0 Å². The molecule has 0 saturated carbocycles. The van der Waals surface area contributed by atoms with Crippen LogP contribution in [0.15, 0.2) is 140 Å². The molecule has 0 atom stereocenters. The van der Waals surface area contributed by atoms with E-state index in [4.69, 9.17) is 9.72 Å². The molecule has 0 radical (unpaired) electrons. The molecule has 7 aromatic rings. The molecule has 0 spiro atoms. The number of para-hydroxylation sites is 4. The smallest absolute Gasteiger partial charge is 0.137 e. The molecule has 0 aliphatic carbocycles. The molecule has 0 fully saturated rings. The van der Waals surface area contributed by atoms with Gasteiger partial charge in [-0.15, -0.1) is 0 Å². The third-order valence-electron chi connectivity index (χ3n) is 8.40. The number of fused-ring (bicyclic) bond motifs is 4. The minimum atomic E-state index is 0.753. The van der Waals surface area contributed by atoms with Gasteiger partial charge >= 0.3 is 0 Å². The average molecular weight is 574 g/mol. The Hall–Kier alpha value is -5.75. The van der Waals surface area contributed by atoms with E-state index in [1.807, 2.05) is 42.6 Å². The summed E-state index contributed by atoms with van der Waals surface area (Å²) in [5.74, 6) is 2.37. The molecule has 0 unspecified atom stereocenters. The summed E-state index contributed by atoms with van der Waals surface area (Å²) >= 11 is 0. The number of hydrogen-bond acceptors (Lipinski definition) is 5. The lowest BCUT2D eigenvalue weighted by Gasteiger charge is -2.26. The number of hydrogen-bond donors (Lipinski definition) is 0. The van der Waals surface area contributed by atoms with Crippen LogP contribution < -0.4 is 19.4 Å². The van der Waals surface area contributed by atoms with Crippen molar-refractivity contribution in [2.24, 2.45) is 7.05 Å². The van der Waals surface area contributed by atoms with E-state index < -0.39 is 0 Å². The van der Waals surface area contributed by atoms with Crippen molar-refractivity contribution in [3.8, 4) is 11.5 Å². The van der Waals surface area contributed by atoms with E-state index in [1.165, 1.54) is 27.7 Å². The third-order valence-corrected chi connectivity index (χ3v) is 8.40. The highest BCUT2D eigenvalue weighted by Crippen LogP contribution is 2.43. The Balaban J connectivity index is 1.19. The summed E-state index contributed by atoms with van der Waals surface area (Å²) < 4.78 is 8.80. The van der Waals surface area contributed by atoms with Crippen LogP contribution in [0.1, 0.15) is 0 Å². The lowest BCUT2D eigenvalue weighted by Crippen LogP contribution is -2.23. The maximum Gasteiger partial charge on any atom is 0.137 e. The summed E-state index contributed by atoms with van der Waals surface area (Å²) in [5.41, 5.74) is 7.87. The van der Waals surface area contributed by atoms with Crippen molar-refractivity contribution >= 4 is 56.1 Å². The van der Waals surface area contributed by atoms with Crippen LogP contribution in [0, 0.1) is 0 Å². The van der Waals surface area contributed by atoms with Gasteiger partial charge in [-0.3, -0.25) is 4.90 Å². The van der Waals surface area contributed by atoms with Gasteiger partial charge < -0.3 is 19.1 Å². The van der Waals surface area contributed by atoms with Crippen molar-refractivity contribution in [2.45, 2.75) is 0 Å². The molecule has 214 valence electrons. The second-order valence-electron chi connectivity index (χ2n) is 11.1. The Labute approximate surface area is 256 Å². The van der Waals surface area contributed by atoms with E-state index in [2.05, 4.69) is 130 Å². The number of benzene rings is 5. The maximum atomic E-state index is 6.52. The number of rotatable bonds is 6. The molecule has 1 aliphatic rings. The van der Waals surface area contributed by atoms with Crippen LogP contribution in [-0.4, -0.2) is 23.3 Å². The lowest BCUT2D eigenvalue weighted by atomic mass is 10.1. The molecular weight excluding hydrogens is 542 g/mol. The zero-order chi connectivity index (χ0) is 29.6. The van der Waals surface area contributed by atoms with Crippen molar-refractivity contribution in [3.63, 3.8) is 0 Å². The molecule has 3 heterocycles. The fraction of sp³-hybridized carbons (Fsp3) is 0.0789. The number of pyridine rings is 1. The average Bonchev–Trinajstić information content (AvgIpc) is 3.56. The Morgan fingerprint density at radius 1 is 0.659 bits per heavy atom. The second kappa shape index (κ2) is 10.5. The van der Waals surface area contributed by atoms with Gasteiger partial charge in [0.15, 0.2) is 0 Å². The number of anilines is 6. The first-order valence-electron chi connectivity index (χ1n) is 14.8. The predicted octanol–water partition coefficient (Wildman–Crippen LogP) is 9.53. The van der Waals surface area contributed by atoms with E-state index >= 15 is 0 Å². The summed E-state index contributed by atoms with van der Waals surface area (Å²) in [5, 5.41) is 2.44. The van der Waals surface area contributed by atoms with Crippen LogP contribution >= 0.6 is 0 Å². The van der Waals surface area contributed by atoms with Gasteiger partial charge in [0.05, 0.1) is 34.9 Å². The van der Waals surface area contributed by atoms with Gasteiger partial charge in [0.2, 0.25) is 0 Å². The topological polar surface area (TPSA) is 36.8 Å². The van der Waals surface area contributed by atoms with Crippen LogP contribution in [0.2, 0.25) is 0 Å². The standard InChI is InChI=1S/C38H31N5O/c1-40-26-42(35-20-6-5-19-34(35)40)27-12-9-14-29(24-27)44-30-15-10-13-28(25-30)43(37-22-7-8-23-39-37)36-21-11-17-32-31-16-3-4-18-33(31)41(2)38(32)36/h3-25H,26H2,1-2H3. The second-order valence-corrected chi connectivity index (χ2v) is 11.1. The number of aromatic nitrogens is 2. The lowest BCUT2D eigenvalue weighted by molar-refractivity contribution is 0.483. The molecule has 1 aliphatic heterocycles. The summed E-state index contributed by atoms with van der Waals surface area (Å²) in [6.45, 7) is 0.789. The maximum absolute atomic E-state index is 6.52. The first-order valence-corrected chi connectivity index (χ1v) is 14.8. The Kier molecular flexibility index (Phi) is 6.19. The van der Waals surface area contributed by atoms with E-state index in [-0.39, 0.29) is 0 Å². The molecule has 0 N–H and O–H groups in total. The van der Waals surface area contributed by atoms with E-state index in [1.54, 1.807) is 0 Å². The van der Waals surface area contributed by atoms with Gasteiger partial charge in [-0.1, -0.05) is 60.7 Å².